The van der Waals surface area contributed by atoms with Gasteiger partial charge in [-0.05, 0) is 37.1 Å². The molecule has 1 aromatic rings. The largest absolute Gasteiger partial charge is 0.0843 e. The van der Waals surface area contributed by atoms with Crippen molar-refractivity contribution in [2.24, 2.45) is 0 Å². The summed E-state index contributed by atoms with van der Waals surface area (Å²) in [5.41, 5.74) is 1.88. The highest BCUT2D eigenvalue weighted by Gasteiger charge is 1.99. The first-order chi connectivity index (χ1) is 4.61. The van der Waals surface area contributed by atoms with Crippen LogP contribution in [0.2, 0.25) is 10.0 Å². The van der Waals surface area contributed by atoms with Crippen molar-refractivity contribution in [1.29, 1.82) is 0 Å². The summed E-state index contributed by atoms with van der Waals surface area (Å²) in [6.45, 7) is 5.70. The van der Waals surface area contributed by atoms with Gasteiger partial charge in [0.15, 0.2) is 0 Å². The van der Waals surface area contributed by atoms with Crippen molar-refractivity contribution >= 4 is 23.2 Å². The van der Waals surface area contributed by atoms with E-state index in [1.165, 1.54) is 0 Å². The van der Waals surface area contributed by atoms with Gasteiger partial charge in [0.2, 0.25) is 0 Å². The molecule has 0 aliphatic carbocycles. The molecule has 53 valence electrons. The molecule has 0 aliphatic rings. The third kappa shape index (κ3) is 1.44. The Kier molecular flexibility index (Phi) is 2.22. The van der Waals surface area contributed by atoms with E-state index in [2.05, 4.69) is 6.92 Å². The van der Waals surface area contributed by atoms with Gasteiger partial charge in [0.25, 0.3) is 0 Å². The number of hydrogen-bond donors (Lipinski definition) is 0. The van der Waals surface area contributed by atoms with Crippen LogP contribution < -0.4 is 0 Å². The fourth-order valence-electron chi connectivity index (χ4n) is 0.732. The molecule has 0 nitrogen and oxygen atoms in total. The smallest absolute Gasteiger partial charge is 0.0455 e. The Morgan fingerprint density at radius 1 is 1.30 bits per heavy atom. The third-order valence-electron chi connectivity index (χ3n) is 1.38. The zero-order valence-corrected chi connectivity index (χ0v) is 7.13. The van der Waals surface area contributed by atoms with Crippen LogP contribution >= 0.6 is 23.2 Å². The molecule has 1 radical (unpaired) electrons. The molecule has 0 atom stereocenters. The minimum atomic E-state index is 0.630. The summed E-state index contributed by atoms with van der Waals surface area (Å²) < 4.78 is 0. The predicted octanol–water partition coefficient (Wildman–Crippen LogP) is 3.48. The van der Waals surface area contributed by atoms with Gasteiger partial charge < -0.3 is 0 Å². The van der Waals surface area contributed by atoms with Crippen molar-refractivity contribution in [3.8, 4) is 0 Å². The van der Waals surface area contributed by atoms with E-state index in [-0.39, 0.29) is 0 Å². The van der Waals surface area contributed by atoms with E-state index < -0.39 is 0 Å². The highest BCUT2D eigenvalue weighted by Crippen LogP contribution is 2.23. The zero-order valence-electron chi connectivity index (χ0n) is 5.62. The molecule has 10 heavy (non-hydrogen) atoms. The Balaban J connectivity index is 3.31. The molecule has 0 N–H and O–H groups in total. The Hall–Kier alpha value is -0.200. The van der Waals surface area contributed by atoms with E-state index in [0.717, 1.165) is 11.1 Å². The lowest BCUT2D eigenvalue weighted by Crippen LogP contribution is -1.81. The van der Waals surface area contributed by atoms with Crippen molar-refractivity contribution in [3.05, 3.63) is 40.2 Å². The van der Waals surface area contributed by atoms with E-state index in [1.807, 2.05) is 13.0 Å². The first-order valence-electron chi connectivity index (χ1n) is 2.89. The van der Waals surface area contributed by atoms with Gasteiger partial charge >= 0.3 is 0 Å². The summed E-state index contributed by atoms with van der Waals surface area (Å²) >= 11 is 11.5. The second-order valence-electron chi connectivity index (χ2n) is 2.18. The van der Waals surface area contributed by atoms with Gasteiger partial charge in [-0.1, -0.05) is 23.2 Å². The molecule has 0 aliphatic heterocycles. The van der Waals surface area contributed by atoms with Crippen LogP contribution in [0.1, 0.15) is 11.1 Å². The SMILES string of the molecule is [CH2]c1c(C)cc(Cl)cc1Cl. The molecule has 0 unspecified atom stereocenters. The molecule has 0 heterocycles. The molecule has 0 saturated carbocycles. The average Bonchev–Trinajstić information content (AvgIpc) is 1.82. The van der Waals surface area contributed by atoms with Crippen LogP contribution in [0.25, 0.3) is 0 Å². The number of rotatable bonds is 0. The average molecular weight is 174 g/mol. The summed E-state index contributed by atoms with van der Waals surface area (Å²) in [6.07, 6.45) is 0. The van der Waals surface area contributed by atoms with Gasteiger partial charge in [-0.3, -0.25) is 0 Å². The quantitative estimate of drug-likeness (QED) is 0.564. The van der Waals surface area contributed by atoms with Gasteiger partial charge in [0.1, 0.15) is 0 Å². The standard InChI is InChI=1S/C8H7Cl2/c1-5-3-7(9)4-8(10)6(5)2/h3-4H,2H2,1H3. The van der Waals surface area contributed by atoms with Gasteiger partial charge in [0, 0.05) is 10.0 Å². The van der Waals surface area contributed by atoms with Gasteiger partial charge in [-0.2, -0.15) is 0 Å². The van der Waals surface area contributed by atoms with Gasteiger partial charge in [-0.15, -0.1) is 0 Å². The topological polar surface area (TPSA) is 0 Å². The molecule has 0 spiro atoms. The molecule has 2 heteroatoms. The van der Waals surface area contributed by atoms with Crippen molar-refractivity contribution in [2.45, 2.75) is 6.92 Å². The number of aryl methyl sites for hydroxylation is 1. The molecule has 0 saturated heterocycles. The van der Waals surface area contributed by atoms with E-state index in [9.17, 15) is 0 Å². The van der Waals surface area contributed by atoms with Crippen LogP contribution in [0.5, 0.6) is 0 Å². The summed E-state index contributed by atoms with van der Waals surface area (Å²) in [6, 6.07) is 3.54. The lowest BCUT2D eigenvalue weighted by atomic mass is 10.1. The maximum atomic E-state index is 5.77. The van der Waals surface area contributed by atoms with Crippen molar-refractivity contribution in [2.75, 3.05) is 0 Å². The maximum absolute atomic E-state index is 5.77. The number of halogens is 2. The summed E-state index contributed by atoms with van der Waals surface area (Å²) in [5.74, 6) is 0. The summed E-state index contributed by atoms with van der Waals surface area (Å²) in [5, 5.41) is 1.29. The van der Waals surface area contributed by atoms with Crippen LogP contribution in [-0.4, -0.2) is 0 Å². The molecule has 0 amide bonds. The predicted molar refractivity (Wildman–Crippen MR) is 45.7 cm³/mol. The molecule has 0 bridgehead atoms. The molecule has 1 rings (SSSR count). The summed E-state index contributed by atoms with van der Waals surface area (Å²) in [7, 11) is 0. The van der Waals surface area contributed by atoms with Crippen LogP contribution in [0, 0.1) is 13.8 Å². The normalized spacial score (nSPS) is 10.0. The fourth-order valence-corrected chi connectivity index (χ4v) is 1.33. The fraction of sp³-hybridized carbons (Fsp3) is 0.125. The first-order valence-corrected chi connectivity index (χ1v) is 3.64. The second kappa shape index (κ2) is 2.81. The van der Waals surface area contributed by atoms with Crippen LogP contribution in [0.4, 0.5) is 0 Å². The Bertz CT molecular complexity index is 230. The maximum Gasteiger partial charge on any atom is 0.0455 e. The van der Waals surface area contributed by atoms with Crippen molar-refractivity contribution in [3.63, 3.8) is 0 Å². The lowest BCUT2D eigenvalue weighted by molar-refractivity contribution is 1.42. The third-order valence-corrected chi connectivity index (χ3v) is 1.94. The minimum Gasteiger partial charge on any atom is -0.0843 e. The van der Waals surface area contributed by atoms with Gasteiger partial charge in [-0.25, -0.2) is 0 Å². The van der Waals surface area contributed by atoms with Crippen LogP contribution in [-0.2, 0) is 0 Å². The Labute approximate surface area is 70.8 Å². The highest BCUT2D eigenvalue weighted by molar-refractivity contribution is 6.35. The number of hydrogen-bond acceptors (Lipinski definition) is 0. The highest BCUT2D eigenvalue weighted by atomic mass is 35.5. The van der Waals surface area contributed by atoms with E-state index in [1.54, 1.807) is 6.07 Å². The zero-order chi connectivity index (χ0) is 7.72. The van der Waals surface area contributed by atoms with Crippen molar-refractivity contribution in [1.82, 2.24) is 0 Å². The van der Waals surface area contributed by atoms with E-state index in [0.29, 0.717) is 10.0 Å². The number of benzene rings is 1. The molecular formula is C8H7Cl2. The monoisotopic (exact) mass is 173 g/mol. The molecule has 0 fully saturated rings. The minimum absolute atomic E-state index is 0.630. The van der Waals surface area contributed by atoms with Crippen LogP contribution in [0.15, 0.2) is 12.1 Å². The molecule has 1 aromatic carbocycles. The van der Waals surface area contributed by atoms with E-state index in [4.69, 9.17) is 23.2 Å². The Morgan fingerprint density at radius 3 is 2.40 bits per heavy atom. The Morgan fingerprint density at radius 2 is 1.90 bits per heavy atom. The lowest BCUT2D eigenvalue weighted by Gasteiger charge is -2.01. The van der Waals surface area contributed by atoms with Gasteiger partial charge in [0.05, 0.1) is 0 Å². The summed E-state index contributed by atoms with van der Waals surface area (Å²) in [4.78, 5) is 0. The molecule has 0 aromatic heterocycles. The molecular weight excluding hydrogens is 167 g/mol. The second-order valence-corrected chi connectivity index (χ2v) is 3.03. The van der Waals surface area contributed by atoms with E-state index >= 15 is 0 Å². The van der Waals surface area contributed by atoms with Crippen LogP contribution in [0.3, 0.4) is 0 Å². The first kappa shape index (κ1) is 7.90. The van der Waals surface area contributed by atoms with Crippen molar-refractivity contribution < 1.29 is 0 Å².